The van der Waals surface area contributed by atoms with E-state index in [2.05, 4.69) is 26.6 Å². The van der Waals surface area contributed by atoms with E-state index in [1.807, 2.05) is 0 Å². The number of rotatable bonds is 12. The number of nitrogens with one attached hydrogen (secondary N) is 2. The molecule has 6 aromatic carbocycles. The molecule has 0 fully saturated rings. The maximum atomic E-state index is 13.5. The number of hydrogen-bond donors (Lipinski definition) is 4. The summed E-state index contributed by atoms with van der Waals surface area (Å²) in [6.45, 7) is 0. The molecule has 0 aliphatic rings. The van der Waals surface area contributed by atoms with E-state index in [0.717, 1.165) is 21.1 Å². The van der Waals surface area contributed by atoms with Gasteiger partial charge in [-0.25, -0.2) is 25.6 Å². The van der Waals surface area contributed by atoms with Crippen LogP contribution in [-0.4, -0.2) is 99.1 Å². The van der Waals surface area contributed by atoms with Crippen molar-refractivity contribution in [3.8, 4) is 33.8 Å². The Bertz CT molecular complexity index is 3590. The normalized spacial score (nSPS) is 11.0. The zero-order chi connectivity index (χ0) is 52.8. The summed E-state index contributed by atoms with van der Waals surface area (Å²) in [6.07, 6.45) is 3.52. The van der Waals surface area contributed by atoms with Crippen molar-refractivity contribution in [1.29, 1.82) is 0 Å². The third kappa shape index (κ3) is 12.8. The highest BCUT2D eigenvalue weighted by Gasteiger charge is 2.27. The van der Waals surface area contributed by atoms with E-state index in [1.54, 1.807) is 60.7 Å². The number of carbonyl (C=O) groups excluding carboxylic acids is 4. The molecule has 0 saturated carbocycles. The predicted molar refractivity (Wildman–Crippen MR) is 283 cm³/mol. The molecule has 2 heterocycles. The number of anilines is 2. The molecule has 22 heteroatoms. The van der Waals surface area contributed by atoms with Crippen molar-refractivity contribution in [2.75, 3.05) is 49.3 Å². The van der Waals surface area contributed by atoms with Crippen molar-refractivity contribution < 1.29 is 63.7 Å². The molecule has 2 amide bonds. The minimum atomic E-state index is -3.65. The van der Waals surface area contributed by atoms with Crippen LogP contribution in [0.4, 0.5) is 20.2 Å². The van der Waals surface area contributed by atoms with Crippen LogP contribution in [0.5, 0.6) is 0 Å². The van der Waals surface area contributed by atoms with E-state index in [-0.39, 0.29) is 41.6 Å². The summed E-state index contributed by atoms with van der Waals surface area (Å²) in [4.78, 5) is 46.9. The number of fused-ring (bicyclic) bond motifs is 2. The molecule has 2 aromatic heterocycles. The third-order valence-corrected chi connectivity index (χ3v) is 14.1. The first kappa shape index (κ1) is 56.4. The molecule has 16 nitrogen and oxygen atoms in total. The van der Waals surface area contributed by atoms with E-state index in [4.69, 9.17) is 18.9 Å². The van der Waals surface area contributed by atoms with Gasteiger partial charge in [-0.05, 0) is 93.7 Å². The fourth-order valence-corrected chi connectivity index (χ4v) is 8.95. The number of benzene rings is 6. The SMILES string of the molecule is C.CNC(=O)c1c(-c2ccc(F)cc2)oc2cc(N(C)S(C)(=O)=O)c(-c3cccc(C=O)c3)cc12.CNC(=O)c1c(-c2ccc(F)cc2)oc2cc(N(C)S(C)(=O)=O)c(Br)cc12.O=Cc1cccc(B(O)O)c1. The van der Waals surface area contributed by atoms with Gasteiger partial charge in [-0.2, -0.15) is 0 Å². The zero-order valence-corrected chi connectivity index (χ0v) is 42.3. The first-order valence-corrected chi connectivity index (χ1v) is 25.7. The molecule has 0 radical (unpaired) electrons. The smallest absolute Gasteiger partial charge is 0.455 e. The lowest BCUT2D eigenvalue weighted by atomic mass is 9.80. The number of sulfonamides is 2. The van der Waals surface area contributed by atoms with E-state index in [0.29, 0.717) is 83.6 Å². The van der Waals surface area contributed by atoms with Crippen molar-refractivity contribution in [3.05, 3.63) is 160 Å². The lowest BCUT2D eigenvalue weighted by molar-refractivity contribution is 0.0956. The average molecular weight is 1100 g/mol. The zero-order valence-electron chi connectivity index (χ0n) is 39.1. The summed E-state index contributed by atoms with van der Waals surface area (Å²) in [5.41, 5.74) is 5.07. The number of amides is 2. The Hall–Kier alpha value is -7.50. The van der Waals surface area contributed by atoms with Gasteiger partial charge in [-0.15, -0.1) is 0 Å². The maximum absolute atomic E-state index is 13.5. The van der Waals surface area contributed by atoms with Crippen LogP contribution in [0, 0.1) is 11.6 Å². The van der Waals surface area contributed by atoms with Crippen LogP contribution in [-0.2, 0) is 20.0 Å². The van der Waals surface area contributed by atoms with Crippen LogP contribution in [0.1, 0.15) is 48.9 Å². The van der Waals surface area contributed by atoms with Crippen LogP contribution >= 0.6 is 15.9 Å². The van der Waals surface area contributed by atoms with Crippen molar-refractivity contribution in [2.24, 2.45) is 0 Å². The van der Waals surface area contributed by atoms with Gasteiger partial charge in [-0.1, -0.05) is 49.9 Å². The van der Waals surface area contributed by atoms with E-state index in [1.165, 1.54) is 88.9 Å². The summed E-state index contributed by atoms with van der Waals surface area (Å²) in [7, 11) is -2.83. The van der Waals surface area contributed by atoms with Gasteiger partial charge in [0.25, 0.3) is 11.8 Å². The molecule has 73 heavy (non-hydrogen) atoms. The van der Waals surface area contributed by atoms with E-state index < -0.39 is 44.7 Å². The van der Waals surface area contributed by atoms with Gasteiger partial charge in [0.1, 0.15) is 46.9 Å². The first-order chi connectivity index (χ1) is 34.0. The van der Waals surface area contributed by atoms with Crippen molar-refractivity contribution >= 4 is 106 Å². The molecule has 4 N–H and O–H groups in total. The largest absolute Gasteiger partial charge is 0.488 e. The molecule has 0 atom stereocenters. The lowest BCUT2D eigenvalue weighted by Gasteiger charge is -2.21. The van der Waals surface area contributed by atoms with E-state index in [9.17, 15) is 44.8 Å². The van der Waals surface area contributed by atoms with Crippen LogP contribution in [0.3, 0.4) is 0 Å². The second-order valence-corrected chi connectivity index (χ2v) is 20.7. The molecule has 0 aliphatic carbocycles. The quantitative estimate of drug-likeness (QED) is 0.0672. The standard InChI is InChI=1S/C25H21FN2O5S.C18H16BrFN2O4S.C7H7BO3.CH4/c1-27-25(30)23-20-12-19(17-6-4-5-15(11-17)14-29)21(28(2)34(3,31)32)13-22(20)33-24(23)16-7-9-18(26)10-8-16;1-21-18(23)16-12-8-13(19)14(22(2)27(3,24)25)9-15(12)26-17(16)10-4-6-11(20)7-5-10;9-5-6-2-1-3-7(4-6)8(10)11;/h4-14H,1-3H3,(H,27,30);4-9H,1-3H3,(H,21,23);1-5,10-11H;1H4. The summed E-state index contributed by atoms with van der Waals surface area (Å²) in [6, 6.07) is 30.3. The Morgan fingerprint density at radius 3 is 1.48 bits per heavy atom. The molecule has 0 saturated heterocycles. The minimum Gasteiger partial charge on any atom is -0.455 e. The van der Waals surface area contributed by atoms with Crippen LogP contribution in [0.15, 0.2) is 135 Å². The Morgan fingerprint density at radius 2 is 1.04 bits per heavy atom. The number of nitrogens with zero attached hydrogens (tertiary/aromatic N) is 2. The predicted octanol–water partition coefficient (Wildman–Crippen LogP) is 8.05. The van der Waals surface area contributed by atoms with Gasteiger partial charge >= 0.3 is 7.12 Å². The Kier molecular flexibility index (Phi) is 18.1. The lowest BCUT2D eigenvalue weighted by Crippen LogP contribution is -2.29. The summed E-state index contributed by atoms with van der Waals surface area (Å²) in [5.74, 6) is -1.14. The second-order valence-electron chi connectivity index (χ2n) is 15.8. The van der Waals surface area contributed by atoms with Gasteiger partial charge in [-0.3, -0.25) is 27.8 Å². The molecule has 380 valence electrons. The van der Waals surface area contributed by atoms with Gasteiger partial charge in [0, 0.05) is 83.4 Å². The van der Waals surface area contributed by atoms with Gasteiger partial charge < -0.3 is 29.5 Å². The molecule has 0 spiro atoms. The average Bonchev–Trinajstić information content (AvgIpc) is 3.93. The number of halogens is 3. The molecule has 8 aromatic rings. The van der Waals surface area contributed by atoms with Gasteiger partial charge in [0.15, 0.2) is 0 Å². The highest BCUT2D eigenvalue weighted by Crippen LogP contribution is 2.42. The fraction of sp³-hybridized carbons (Fsp3) is 0.137. The number of hydrogen-bond acceptors (Lipinski definition) is 12. The van der Waals surface area contributed by atoms with Crippen molar-refractivity contribution in [3.63, 3.8) is 0 Å². The highest BCUT2D eigenvalue weighted by molar-refractivity contribution is 9.10. The molecular weight excluding hydrogens is 1050 g/mol. The second kappa shape index (κ2) is 23.4. The molecule has 0 unspecified atom stereocenters. The number of furan rings is 2. The molecule has 8 rings (SSSR count). The summed E-state index contributed by atoms with van der Waals surface area (Å²) >= 11 is 3.36. The van der Waals surface area contributed by atoms with Crippen LogP contribution < -0.4 is 24.7 Å². The Balaban J connectivity index is 0.000000225. The highest BCUT2D eigenvalue weighted by atomic mass is 79.9. The summed E-state index contributed by atoms with van der Waals surface area (Å²) < 4.78 is 89.9. The Labute approximate surface area is 428 Å². The molecular formula is C51H48BBrF2N4O12S2. The van der Waals surface area contributed by atoms with Crippen molar-refractivity contribution in [2.45, 2.75) is 7.43 Å². The van der Waals surface area contributed by atoms with E-state index >= 15 is 0 Å². The number of carbonyl (C=O) groups is 4. The molecule has 0 bridgehead atoms. The fourth-order valence-electron chi connectivity index (χ4n) is 7.21. The van der Waals surface area contributed by atoms with Crippen LogP contribution in [0.2, 0.25) is 0 Å². The number of aldehydes is 2. The monoisotopic (exact) mass is 1100 g/mol. The summed E-state index contributed by atoms with van der Waals surface area (Å²) in [5, 5.41) is 23.5. The topological polar surface area (TPSA) is 234 Å². The van der Waals surface area contributed by atoms with Crippen LogP contribution in [0.25, 0.3) is 55.7 Å². The van der Waals surface area contributed by atoms with Crippen molar-refractivity contribution in [1.82, 2.24) is 10.6 Å². The van der Waals surface area contributed by atoms with Gasteiger partial charge in [0.2, 0.25) is 20.0 Å². The molecule has 0 aliphatic heterocycles. The maximum Gasteiger partial charge on any atom is 0.488 e. The third-order valence-electron chi connectivity index (χ3n) is 11.0. The first-order valence-electron chi connectivity index (χ1n) is 21.2. The van der Waals surface area contributed by atoms with Gasteiger partial charge in [0.05, 0.1) is 35.0 Å². The minimum absolute atomic E-state index is 0. The Morgan fingerprint density at radius 1 is 0.616 bits per heavy atom.